The molecule has 0 aliphatic carbocycles. The van der Waals surface area contributed by atoms with Gasteiger partial charge >= 0.3 is 0 Å². The molecule has 0 saturated carbocycles. The van der Waals surface area contributed by atoms with E-state index in [4.69, 9.17) is 21.1 Å². The number of hydrogen-bond donors (Lipinski definition) is 0. The lowest BCUT2D eigenvalue weighted by molar-refractivity contribution is 0.0322. The third-order valence-electron chi connectivity index (χ3n) is 1.59. The maximum absolute atomic E-state index is 5.68. The van der Waals surface area contributed by atoms with Crippen LogP contribution in [0.15, 0.2) is 6.20 Å². The zero-order valence-electron chi connectivity index (χ0n) is 9.03. The monoisotopic (exact) mass is 249 g/mol. The van der Waals surface area contributed by atoms with Crippen LogP contribution in [0.1, 0.15) is 18.7 Å². The summed E-state index contributed by atoms with van der Waals surface area (Å²) in [6, 6.07) is 0. The number of nitrogens with zero attached hydrogens (tertiary/aromatic N) is 1. The van der Waals surface area contributed by atoms with Crippen molar-refractivity contribution in [3.63, 3.8) is 0 Å². The minimum Gasteiger partial charge on any atom is -0.379 e. The molecule has 1 aromatic rings. The predicted molar refractivity (Wildman–Crippen MR) is 62.4 cm³/mol. The summed E-state index contributed by atoms with van der Waals surface area (Å²) >= 11 is 7.13. The molecule has 15 heavy (non-hydrogen) atoms. The van der Waals surface area contributed by atoms with E-state index in [1.54, 1.807) is 6.20 Å². The lowest BCUT2D eigenvalue weighted by Crippen LogP contribution is -2.08. The van der Waals surface area contributed by atoms with E-state index in [9.17, 15) is 0 Å². The standard InChI is InChI=1S/C10H16ClNO2S/c1-8(2)6-13-3-4-14-7-9-5-12-10(11)15-9/h5,8H,3-4,6-7H2,1-2H3. The first-order valence-corrected chi connectivity index (χ1v) is 6.13. The number of halogens is 1. The molecule has 0 unspecified atom stereocenters. The highest BCUT2D eigenvalue weighted by Gasteiger charge is 1.99. The SMILES string of the molecule is CC(C)COCCOCc1cnc(Cl)s1. The molecule has 0 aliphatic heterocycles. The summed E-state index contributed by atoms with van der Waals surface area (Å²) < 4.78 is 11.3. The Morgan fingerprint density at radius 2 is 2.13 bits per heavy atom. The second-order valence-electron chi connectivity index (χ2n) is 3.60. The molecule has 0 amide bonds. The van der Waals surface area contributed by atoms with Gasteiger partial charge in [0.2, 0.25) is 0 Å². The molecule has 0 saturated heterocycles. The second kappa shape index (κ2) is 7.17. The molecule has 0 radical (unpaired) electrons. The van der Waals surface area contributed by atoms with Gasteiger partial charge in [0.1, 0.15) is 0 Å². The maximum Gasteiger partial charge on any atom is 0.183 e. The first kappa shape index (κ1) is 12.9. The zero-order valence-corrected chi connectivity index (χ0v) is 10.6. The molecule has 0 N–H and O–H groups in total. The van der Waals surface area contributed by atoms with Crippen molar-refractivity contribution in [2.45, 2.75) is 20.5 Å². The second-order valence-corrected chi connectivity index (χ2v) is 5.30. The van der Waals surface area contributed by atoms with Gasteiger partial charge in [-0.2, -0.15) is 0 Å². The molecule has 0 bridgehead atoms. The minimum atomic E-state index is 0.560. The Labute approximate surface area is 99.4 Å². The van der Waals surface area contributed by atoms with E-state index in [1.165, 1.54) is 11.3 Å². The molecule has 1 aromatic heterocycles. The Balaban J connectivity index is 1.98. The highest BCUT2D eigenvalue weighted by atomic mass is 35.5. The van der Waals surface area contributed by atoms with E-state index in [0.29, 0.717) is 30.2 Å². The lowest BCUT2D eigenvalue weighted by Gasteiger charge is -2.06. The largest absolute Gasteiger partial charge is 0.379 e. The fourth-order valence-electron chi connectivity index (χ4n) is 0.960. The summed E-state index contributed by atoms with van der Waals surface area (Å²) in [5.41, 5.74) is 0. The van der Waals surface area contributed by atoms with Gasteiger partial charge in [0, 0.05) is 12.8 Å². The smallest absolute Gasteiger partial charge is 0.183 e. The Morgan fingerprint density at radius 3 is 2.73 bits per heavy atom. The van der Waals surface area contributed by atoms with Gasteiger partial charge < -0.3 is 9.47 Å². The van der Waals surface area contributed by atoms with Gasteiger partial charge in [-0.3, -0.25) is 0 Å². The molecule has 0 aromatic carbocycles. The van der Waals surface area contributed by atoms with Crippen LogP contribution < -0.4 is 0 Å². The molecule has 5 heteroatoms. The Kier molecular flexibility index (Phi) is 6.17. The number of rotatable bonds is 7. The van der Waals surface area contributed by atoms with Crippen molar-refractivity contribution >= 4 is 22.9 Å². The van der Waals surface area contributed by atoms with Gasteiger partial charge in [-0.05, 0) is 5.92 Å². The van der Waals surface area contributed by atoms with Gasteiger partial charge in [0.25, 0.3) is 0 Å². The molecule has 0 aliphatic rings. The zero-order chi connectivity index (χ0) is 11.1. The number of ether oxygens (including phenoxy) is 2. The third kappa shape index (κ3) is 6.10. The molecular weight excluding hydrogens is 234 g/mol. The van der Waals surface area contributed by atoms with Crippen LogP contribution in [0.2, 0.25) is 4.47 Å². The van der Waals surface area contributed by atoms with Gasteiger partial charge in [-0.1, -0.05) is 25.4 Å². The van der Waals surface area contributed by atoms with E-state index in [0.717, 1.165) is 11.5 Å². The van der Waals surface area contributed by atoms with Crippen LogP contribution >= 0.6 is 22.9 Å². The molecule has 1 heterocycles. The van der Waals surface area contributed by atoms with Gasteiger partial charge in [0.15, 0.2) is 4.47 Å². The predicted octanol–water partition coefficient (Wildman–Crippen LogP) is 2.99. The molecule has 1 rings (SSSR count). The Morgan fingerprint density at radius 1 is 1.40 bits per heavy atom. The number of hydrogen-bond acceptors (Lipinski definition) is 4. The highest BCUT2D eigenvalue weighted by Crippen LogP contribution is 2.18. The molecule has 86 valence electrons. The summed E-state index contributed by atoms with van der Waals surface area (Å²) in [5.74, 6) is 0.574. The van der Waals surface area contributed by atoms with Crippen molar-refractivity contribution in [1.29, 1.82) is 0 Å². The van der Waals surface area contributed by atoms with E-state index >= 15 is 0 Å². The molecule has 3 nitrogen and oxygen atoms in total. The van der Waals surface area contributed by atoms with Crippen molar-refractivity contribution < 1.29 is 9.47 Å². The van der Waals surface area contributed by atoms with E-state index in [2.05, 4.69) is 18.8 Å². The quantitative estimate of drug-likeness (QED) is 0.697. The molecule has 0 atom stereocenters. The Hall–Kier alpha value is -0.160. The lowest BCUT2D eigenvalue weighted by atomic mass is 10.2. The van der Waals surface area contributed by atoms with E-state index in [-0.39, 0.29) is 0 Å². The summed E-state index contributed by atoms with van der Waals surface area (Å²) in [6.07, 6.45) is 1.74. The highest BCUT2D eigenvalue weighted by molar-refractivity contribution is 7.15. The van der Waals surface area contributed by atoms with Crippen LogP contribution in [-0.2, 0) is 16.1 Å². The van der Waals surface area contributed by atoms with E-state index < -0.39 is 0 Å². The maximum atomic E-state index is 5.68. The van der Waals surface area contributed by atoms with Crippen molar-refractivity contribution in [3.05, 3.63) is 15.5 Å². The Bertz CT molecular complexity index is 278. The summed E-state index contributed by atoms with van der Waals surface area (Å²) in [6.45, 7) is 6.86. The van der Waals surface area contributed by atoms with Crippen molar-refractivity contribution in [2.75, 3.05) is 19.8 Å². The molecule has 0 fully saturated rings. The van der Waals surface area contributed by atoms with Crippen LogP contribution in [0.5, 0.6) is 0 Å². The topological polar surface area (TPSA) is 31.4 Å². The van der Waals surface area contributed by atoms with Crippen LogP contribution in [0, 0.1) is 5.92 Å². The fourth-order valence-corrected chi connectivity index (χ4v) is 1.88. The van der Waals surface area contributed by atoms with Gasteiger partial charge in [0.05, 0.1) is 24.7 Å². The number of aromatic nitrogens is 1. The first-order chi connectivity index (χ1) is 7.18. The van der Waals surface area contributed by atoms with Gasteiger partial charge in [-0.25, -0.2) is 4.98 Å². The van der Waals surface area contributed by atoms with E-state index in [1.807, 2.05) is 0 Å². The minimum absolute atomic E-state index is 0.560. The van der Waals surface area contributed by atoms with Gasteiger partial charge in [-0.15, -0.1) is 11.3 Å². The van der Waals surface area contributed by atoms with Crippen LogP contribution in [0.3, 0.4) is 0 Å². The first-order valence-electron chi connectivity index (χ1n) is 4.94. The van der Waals surface area contributed by atoms with Crippen LogP contribution in [-0.4, -0.2) is 24.8 Å². The summed E-state index contributed by atoms with van der Waals surface area (Å²) in [5, 5.41) is 0. The van der Waals surface area contributed by atoms with Crippen molar-refractivity contribution in [1.82, 2.24) is 4.98 Å². The van der Waals surface area contributed by atoms with Crippen molar-refractivity contribution in [2.24, 2.45) is 5.92 Å². The average molecular weight is 250 g/mol. The van der Waals surface area contributed by atoms with Crippen LogP contribution in [0.25, 0.3) is 0 Å². The van der Waals surface area contributed by atoms with Crippen molar-refractivity contribution in [3.8, 4) is 0 Å². The third-order valence-corrected chi connectivity index (χ3v) is 2.68. The average Bonchev–Trinajstić information content (AvgIpc) is 2.57. The van der Waals surface area contributed by atoms with Crippen LogP contribution in [0.4, 0.5) is 0 Å². The normalized spacial score (nSPS) is 11.2. The summed E-state index contributed by atoms with van der Waals surface area (Å²) in [7, 11) is 0. The summed E-state index contributed by atoms with van der Waals surface area (Å²) in [4.78, 5) is 4.97. The molecule has 0 spiro atoms. The fraction of sp³-hybridized carbons (Fsp3) is 0.700. The molecular formula is C10H16ClNO2S. The number of thiazole rings is 1.